The molecule has 2 rings (SSSR count). The number of rotatable bonds is 4. The number of benzene rings is 1. The Morgan fingerprint density at radius 3 is 3.00 bits per heavy atom. The number of carbonyl (C=O) groups excluding carboxylic acids is 1. The third kappa shape index (κ3) is 3.08. The van der Waals surface area contributed by atoms with Gasteiger partial charge in [0.2, 0.25) is 5.91 Å². The number of carbonyl (C=O) groups is 1. The lowest BCUT2D eigenvalue weighted by molar-refractivity contribution is -0.123. The van der Waals surface area contributed by atoms with Crippen LogP contribution in [0.15, 0.2) is 24.3 Å². The van der Waals surface area contributed by atoms with Gasteiger partial charge in [0.15, 0.2) is 0 Å². The predicted octanol–water partition coefficient (Wildman–Crippen LogP) is 1.12. The molecule has 0 unspecified atom stereocenters. The molecule has 0 fully saturated rings. The van der Waals surface area contributed by atoms with Crippen LogP contribution in [0.4, 0.5) is 0 Å². The zero-order chi connectivity index (χ0) is 12.8. The second kappa shape index (κ2) is 6.18. The Kier molecular flexibility index (Phi) is 4.32. The summed E-state index contributed by atoms with van der Waals surface area (Å²) in [6.45, 7) is 1.32. The molecule has 0 bridgehead atoms. The van der Waals surface area contributed by atoms with Gasteiger partial charge >= 0.3 is 0 Å². The second-order valence-corrected chi connectivity index (χ2v) is 4.46. The Morgan fingerprint density at radius 2 is 2.22 bits per heavy atom. The SMILES string of the molecule is N#CCCCNC(=O)[C@@H]1Cc2ccccc2CN1. The van der Waals surface area contributed by atoms with Gasteiger partial charge in [-0.15, -0.1) is 0 Å². The highest BCUT2D eigenvalue weighted by Gasteiger charge is 2.23. The van der Waals surface area contributed by atoms with Crippen LogP contribution in [0.25, 0.3) is 0 Å². The van der Waals surface area contributed by atoms with Gasteiger partial charge in [-0.25, -0.2) is 0 Å². The standard InChI is InChI=1S/C14H17N3O/c15-7-3-4-8-16-14(18)13-9-11-5-1-2-6-12(11)10-17-13/h1-2,5-6,13,17H,3-4,8-10H2,(H,16,18)/t13-/m0/s1. The summed E-state index contributed by atoms with van der Waals surface area (Å²) in [7, 11) is 0. The van der Waals surface area contributed by atoms with Crippen LogP contribution in [-0.4, -0.2) is 18.5 Å². The number of amides is 1. The number of fused-ring (bicyclic) bond motifs is 1. The lowest BCUT2D eigenvalue weighted by Crippen LogP contribution is -2.47. The van der Waals surface area contributed by atoms with Crippen LogP contribution >= 0.6 is 0 Å². The van der Waals surface area contributed by atoms with Crippen molar-refractivity contribution in [2.24, 2.45) is 0 Å². The molecule has 0 aromatic heterocycles. The molecule has 1 atom stereocenters. The van der Waals surface area contributed by atoms with E-state index in [-0.39, 0.29) is 11.9 Å². The van der Waals surface area contributed by atoms with Crippen LogP contribution < -0.4 is 10.6 Å². The molecule has 94 valence electrons. The van der Waals surface area contributed by atoms with E-state index in [2.05, 4.69) is 28.8 Å². The van der Waals surface area contributed by atoms with Crippen molar-refractivity contribution in [3.63, 3.8) is 0 Å². The Morgan fingerprint density at radius 1 is 1.44 bits per heavy atom. The van der Waals surface area contributed by atoms with Gasteiger partial charge in [-0.05, 0) is 24.0 Å². The smallest absolute Gasteiger partial charge is 0.237 e. The Labute approximate surface area is 107 Å². The fraction of sp³-hybridized carbons (Fsp3) is 0.429. The van der Waals surface area contributed by atoms with Crippen LogP contribution in [0, 0.1) is 11.3 Å². The fourth-order valence-corrected chi connectivity index (χ4v) is 2.14. The summed E-state index contributed by atoms with van der Waals surface area (Å²) in [6, 6.07) is 10.1. The average molecular weight is 243 g/mol. The molecular formula is C14H17N3O. The van der Waals surface area contributed by atoms with E-state index in [1.165, 1.54) is 11.1 Å². The van der Waals surface area contributed by atoms with E-state index in [1.807, 2.05) is 12.1 Å². The third-order valence-corrected chi connectivity index (χ3v) is 3.16. The van der Waals surface area contributed by atoms with Gasteiger partial charge in [0, 0.05) is 19.5 Å². The Bertz CT molecular complexity index is 464. The first-order chi connectivity index (χ1) is 8.81. The molecule has 4 nitrogen and oxygen atoms in total. The van der Waals surface area contributed by atoms with E-state index in [0.717, 1.165) is 13.0 Å². The molecule has 0 aliphatic carbocycles. The second-order valence-electron chi connectivity index (χ2n) is 4.46. The lowest BCUT2D eigenvalue weighted by Gasteiger charge is -2.25. The number of hydrogen-bond acceptors (Lipinski definition) is 3. The molecule has 0 radical (unpaired) electrons. The molecule has 1 heterocycles. The number of nitriles is 1. The Balaban J connectivity index is 1.85. The first-order valence-corrected chi connectivity index (χ1v) is 6.26. The average Bonchev–Trinajstić information content (AvgIpc) is 2.43. The van der Waals surface area contributed by atoms with Crippen molar-refractivity contribution in [1.82, 2.24) is 10.6 Å². The summed E-state index contributed by atoms with van der Waals surface area (Å²) >= 11 is 0. The summed E-state index contributed by atoms with van der Waals surface area (Å²) in [5, 5.41) is 14.5. The summed E-state index contributed by atoms with van der Waals surface area (Å²) in [5.74, 6) is 0.0300. The first-order valence-electron chi connectivity index (χ1n) is 6.26. The molecule has 0 spiro atoms. The molecule has 1 aromatic carbocycles. The maximum Gasteiger partial charge on any atom is 0.237 e. The number of hydrogen-bond donors (Lipinski definition) is 2. The summed E-state index contributed by atoms with van der Waals surface area (Å²) < 4.78 is 0. The Hall–Kier alpha value is -1.86. The molecule has 1 amide bonds. The van der Waals surface area contributed by atoms with E-state index in [0.29, 0.717) is 19.4 Å². The number of nitrogens with zero attached hydrogens (tertiary/aromatic N) is 1. The molecule has 0 saturated heterocycles. The highest BCUT2D eigenvalue weighted by molar-refractivity contribution is 5.82. The normalized spacial score (nSPS) is 17.6. The van der Waals surface area contributed by atoms with Gasteiger partial charge in [-0.2, -0.15) is 5.26 Å². The molecule has 0 saturated carbocycles. The van der Waals surface area contributed by atoms with Gasteiger partial charge in [0.05, 0.1) is 12.1 Å². The summed E-state index contributed by atoms with van der Waals surface area (Å²) in [6.07, 6.45) is 1.94. The van der Waals surface area contributed by atoms with E-state index in [1.54, 1.807) is 0 Å². The van der Waals surface area contributed by atoms with Crippen LogP contribution in [0.3, 0.4) is 0 Å². The van der Waals surface area contributed by atoms with Crippen LogP contribution in [0.2, 0.25) is 0 Å². The molecule has 1 aliphatic rings. The van der Waals surface area contributed by atoms with Crippen LogP contribution in [0.1, 0.15) is 24.0 Å². The van der Waals surface area contributed by atoms with Gasteiger partial charge in [0.1, 0.15) is 0 Å². The molecule has 1 aliphatic heterocycles. The topological polar surface area (TPSA) is 64.9 Å². The highest BCUT2D eigenvalue weighted by atomic mass is 16.2. The first kappa shape index (κ1) is 12.6. The summed E-state index contributed by atoms with van der Waals surface area (Å²) in [4.78, 5) is 11.9. The van der Waals surface area contributed by atoms with Gasteiger partial charge in [-0.3, -0.25) is 4.79 Å². The van der Waals surface area contributed by atoms with E-state index < -0.39 is 0 Å². The minimum Gasteiger partial charge on any atom is -0.355 e. The monoisotopic (exact) mass is 243 g/mol. The van der Waals surface area contributed by atoms with E-state index in [4.69, 9.17) is 5.26 Å². The van der Waals surface area contributed by atoms with Crippen LogP contribution in [-0.2, 0) is 17.8 Å². The largest absolute Gasteiger partial charge is 0.355 e. The summed E-state index contributed by atoms with van der Waals surface area (Å²) in [5.41, 5.74) is 2.51. The predicted molar refractivity (Wildman–Crippen MR) is 68.6 cm³/mol. The quantitative estimate of drug-likeness (QED) is 0.779. The minimum atomic E-state index is -0.151. The van der Waals surface area contributed by atoms with Crippen molar-refractivity contribution in [3.05, 3.63) is 35.4 Å². The number of nitrogens with one attached hydrogen (secondary N) is 2. The van der Waals surface area contributed by atoms with Crippen molar-refractivity contribution in [1.29, 1.82) is 5.26 Å². The highest BCUT2D eigenvalue weighted by Crippen LogP contribution is 2.16. The third-order valence-electron chi connectivity index (χ3n) is 3.16. The maximum absolute atomic E-state index is 11.9. The zero-order valence-corrected chi connectivity index (χ0v) is 10.3. The lowest BCUT2D eigenvalue weighted by atomic mass is 9.95. The fourth-order valence-electron chi connectivity index (χ4n) is 2.14. The molecule has 18 heavy (non-hydrogen) atoms. The van der Waals surface area contributed by atoms with Gasteiger partial charge in [-0.1, -0.05) is 24.3 Å². The van der Waals surface area contributed by atoms with Gasteiger partial charge in [0.25, 0.3) is 0 Å². The van der Waals surface area contributed by atoms with E-state index >= 15 is 0 Å². The number of unbranched alkanes of at least 4 members (excludes halogenated alkanes) is 1. The molecule has 2 N–H and O–H groups in total. The van der Waals surface area contributed by atoms with Crippen molar-refractivity contribution in [2.45, 2.75) is 31.8 Å². The molecular weight excluding hydrogens is 226 g/mol. The van der Waals surface area contributed by atoms with Crippen molar-refractivity contribution >= 4 is 5.91 Å². The van der Waals surface area contributed by atoms with E-state index in [9.17, 15) is 4.79 Å². The van der Waals surface area contributed by atoms with Crippen molar-refractivity contribution < 1.29 is 4.79 Å². The zero-order valence-electron chi connectivity index (χ0n) is 10.3. The van der Waals surface area contributed by atoms with Crippen molar-refractivity contribution in [2.75, 3.05) is 6.54 Å². The molecule has 1 aromatic rings. The maximum atomic E-state index is 11.9. The van der Waals surface area contributed by atoms with Crippen molar-refractivity contribution in [3.8, 4) is 6.07 Å². The van der Waals surface area contributed by atoms with Crippen LogP contribution in [0.5, 0.6) is 0 Å². The van der Waals surface area contributed by atoms with Gasteiger partial charge < -0.3 is 10.6 Å². The molecule has 4 heteroatoms. The minimum absolute atomic E-state index is 0.0300.